The van der Waals surface area contributed by atoms with Crippen LogP contribution in [-0.4, -0.2) is 28.7 Å². The predicted octanol–water partition coefficient (Wildman–Crippen LogP) is 2.49. The highest BCUT2D eigenvalue weighted by molar-refractivity contribution is 5.76. The number of aryl methyl sites for hydroxylation is 1. The molecule has 0 spiro atoms. The second kappa shape index (κ2) is 5.27. The lowest BCUT2D eigenvalue weighted by molar-refractivity contribution is 0.342. The van der Waals surface area contributed by atoms with Crippen LogP contribution < -0.4 is 5.69 Å². The molecule has 0 aliphatic heterocycles. The Hall–Kier alpha value is -2.96. The van der Waals surface area contributed by atoms with Gasteiger partial charge in [0.15, 0.2) is 11.3 Å². The average Bonchev–Trinajstić information content (AvgIpc) is 3.12. The Balaban J connectivity index is 1.88. The largest absolute Gasteiger partial charge is 0.330 e. The smallest absolute Gasteiger partial charge is 0.290 e. The van der Waals surface area contributed by atoms with Crippen LogP contribution in [0.2, 0.25) is 0 Å². The van der Waals surface area contributed by atoms with E-state index in [1.807, 2.05) is 30.5 Å². The van der Waals surface area contributed by atoms with Gasteiger partial charge in [-0.05, 0) is 29.7 Å². The van der Waals surface area contributed by atoms with Gasteiger partial charge in [0.2, 0.25) is 0 Å². The van der Waals surface area contributed by atoms with E-state index in [2.05, 4.69) is 30.9 Å². The summed E-state index contributed by atoms with van der Waals surface area (Å²) in [4.78, 5) is 21.6. The van der Waals surface area contributed by atoms with Gasteiger partial charge in [0.05, 0.1) is 11.2 Å². The lowest BCUT2D eigenvalue weighted by Crippen LogP contribution is -2.27. The molecule has 7 heteroatoms. The van der Waals surface area contributed by atoms with Gasteiger partial charge in [-0.15, -0.1) is 0 Å². The molecule has 4 heterocycles. The third-order valence-electron chi connectivity index (χ3n) is 4.19. The topological polar surface area (TPSA) is 70.0 Å². The van der Waals surface area contributed by atoms with Crippen molar-refractivity contribution in [2.45, 2.75) is 27.3 Å². The second-order valence-electron chi connectivity index (χ2n) is 7.51. The molecule has 0 N–H and O–H groups in total. The first-order chi connectivity index (χ1) is 11.8. The first-order valence-corrected chi connectivity index (χ1v) is 8.19. The quantitative estimate of drug-likeness (QED) is 0.564. The van der Waals surface area contributed by atoms with E-state index in [1.165, 1.54) is 6.33 Å². The van der Waals surface area contributed by atoms with E-state index in [9.17, 15) is 4.79 Å². The number of hydrogen-bond acceptors (Lipinski definition) is 4. The van der Waals surface area contributed by atoms with Crippen LogP contribution in [-0.2, 0) is 13.6 Å². The summed E-state index contributed by atoms with van der Waals surface area (Å²) < 4.78 is 5.12. The molecule has 0 fully saturated rings. The van der Waals surface area contributed by atoms with E-state index in [0.29, 0.717) is 12.2 Å². The maximum absolute atomic E-state index is 12.6. The van der Waals surface area contributed by atoms with E-state index in [-0.39, 0.29) is 11.1 Å². The standard InChI is InChI=1S/C18H20N6O/c1-18(2,3)10-23-14-6-5-13(21-16(14)22(4)17(23)25)12-7-8-24-15(9-12)19-11-20-24/h5-9,11H,10H2,1-4H3. The van der Waals surface area contributed by atoms with Crippen molar-refractivity contribution in [2.24, 2.45) is 12.5 Å². The maximum atomic E-state index is 12.6. The molecule has 0 radical (unpaired) electrons. The number of imidazole rings is 1. The molecule has 4 aromatic rings. The summed E-state index contributed by atoms with van der Waals surface area (Å²) in [5.41, 5.74) is 4.03. The van der Waals surface area contributed by atoms with Crippen LogP contribution in [0.25, 0.3) is 28.1 Å². The SMILES string of the molecule is Cn1c(=O)n(CC(C)(C)C)c2ccc(-c3ccn4ncnc4c3)nc21. The molecule has 0 saturated carbocycles. The third kappa shape index (κ3) is 2.61. The minimum absolute atomic E-state index is 0.00942. The number of aromatic nitrogens is 6. The maximum Gasteiger partial charge on any atom is 0.330 e. The van der Waals surface area contributed by atoms with Crippen LogP contribution in [0, 0.1) is 5.41 Å². The Morgan fingerprint density at radius 2 is 1.96 bits per heavy atom. The fraction of sp³-hybridized carbons (Fsp3) is 0.333. The minimum atomic E-state index is -0.0394. The van der Waals surface area contributed by atoms with Crippen LogP contribution in [0.15, 0.2) is 41.6 Å². The van der Waals surface area contributed by atoms with Crippen LogP contribution in [0.4, 0.5) is 0 Å². The Morgan fingerprint density at radius 1 is 1.16 bits per heavy atom. The first-order valence-electron chi connectivity index (χ1n) is 8.19. The van der Waals surface area contributed by atoms with Crippen molar-refractivity contribution < 1.29 is 0 Å². The van der Waals surface area contributed by atoms with Gasteiger partial charge in [-0.2, -0.15) is 5.10 Å². The summed E-state index contributed by atoms with van der Waals surface area (Å²) in [5.74, 6) is 0. The Morgan fingerprint density at radius 3 is 2.72 bits per heavy atom. The highest BCUT2D eigenvalue weighted by Crippen LogP contribution is 2.23. The number of pyridine rings is 2. The molecule has 0 saturated heterocycles. The Labute approximate surface area is 144 Å². The molecule has 25 heavy (non-hydrogen) atoms. The van der Waals surface area contributed by atoms with E-state index < -0.39 is 0 Å². The van der Waals surface area contributed by atoms with Crippen LogP contribution in [0.3, 0.4) is 0 Å². The minimum Gasteiger partial charge on any atom is -0.290 e. The molecule has 4 aromatic heterocycles. The van der Waals surface area contributed by atoms with Gasteiger partial charge in [-0.1, -0.05) is 20.8 Å². The van der Waals surface area contributed by atoms with Crippen molar-refractivity contribution in [2.75, 3.05) is 0 Å². The third-order valence-corrected chi connectivity index (χ3v) is 4.19. The first kappa shape index (κ1) is 15.6. The number of rotatable bonds is 2. The molecule has 0 atom stereocenters. The molecule has 0 aliphatic rings. The molecule has 0 bridgehead atoms. The molecule has 128 valence electrons. The summed E-state index contributed by atoms with van der Waals surface area (Å²) in [6.07, 6.45) is 3.37. The summed E-state index contributed by atoms with van der Waals surface area (Å²) >= 11 is 0. The van der Waals surface area contributed by atoms with Crippen molar-refractivity contribution >= 4 is 16.8 Å². The highest BCUT2D eigenvalue weighted by atomic mass is 16.1. The van der Waals surface area contributed by atoms with Crippen molar-refractivity contribution in [1.29, 1.82) is 0 Å². The lowest BCUT2D eigenvalue weighted by Gasteiger charge is -2.18. The molecular weight excluding hydrogens is 316 g/mol. The van der Waals surface area contributed by atoms with E-state index in [4.69, 9.17) is 4.98 Å². The van der Waals surface area contributed by atoms with Crippen molar-refractivity contribution in [3.05, 3.63) is 47.3 Å². The Bertz CT molecular complexity index is 1140. The summed E-state index contributed by atoms with van der Waals surface area (Å²) in [5, 5.41) is 4.10. The second-order valence-corrected chi connectivity index (χ2v) is 7.51. The molecular formula is C18H20N6O. The highest BCUT2D eigenvalue weighted by Gasteiger charge is 2.18. The molecule has 0 aliphatic carbocycles. The molecule has 7 nitrogen and oxygen atoms in total. The van der Waals surface area contributed by atoms with E-state index in [1.54, 1.807) is 20.7 Å². The van der Waals surface area contributed by atoms with Gasteiger partial charge in [0.25, 0.3) is 0 Å². The van der Waals surface area contributed by atoms with Gasteiger partial charge < -0.3 is 0 Å². The fourth-order valence-corrected chi connectivity index (χ4v) is 3.04. The number of hydrogen-bond donors (Lipinski definition) is 0. The van der Waals surface area contributed by atoms with E-state index in [0.717, 1.165) is 22.4 Å². The lowest BCUT2D eigenvalue weighted by atomic mass is 9.97. The zero-order valence-electron chi connectivity index (χ0n) is 14.8. The number of nitrogens with zero attached hydrogens (tertiary/aromatic N) is 6. The zero-order valence-corrected chi connectivity index (χ0v) is 14.8. The van der Waals surface area contributed by atoms with Gasteiger partial charge in [0, 0.05) is 25.4 Å². The zero-order chi connectivity index (χ0) is 17.8. The van der Waals surface area contributed by atoms with Crippen molar-refractivity contribution in [3.8, 4) is 11.3 Å². The monoisotopic (exact) mass is 336 g/mol. The molecule has 0 aromatic carbocycles. The summed E-state index contributed by atoms with van der Waals surface area (Å²) in [7, 11) is 1.77. The molecule has 0 amide bonds. The normalized spacial score (nSPS) is 12.3. The predicted molar refractivity (Wildman–Crippen MR) is 96.4 cm³/mol. The number of fused-ring (bicyclic) bond motifs is 2. The van der Waals surface area contributed by atoms with E-state index >= 15 is 0 Å². The molecule has 4 rings (SSSR count). The fourth-order valence-electron chi connectivity index (χ4n) is 3.04. The van der Waals surface area contributed by atoms with Gasteiger partial charge in [0.1, 0.15) is 6.33 Å². The average molecular weight is 336 g/mol. The van der Waals surface area contributed by atoms with Crippen molar-refractivity contribution in [1.82, 2.24) is 28.7 Å². The van der Waals surface area contributed by atoms with Gasteiger partial charge in [-0.3, -0.25) is 9.13 Å². The molecule has 0 unspecified atom stereocenters. The summed E-state index contributed by atoms with van der Waals surface area (Å²) in [6.45, 7) is 7.01. The van der Waals surface area contributed by atoms with Crippen LogP contribution in [0.5, 0.6) is 0 Å². The van der Waals surface area contributed by atoms with Crippen molar-refractivity contribution in [3.63, 3.8) is 0 Å². The van der Waals surface area contributed by atoms with Gasteiger partial charge in [-0.25, -0.2) is 19.3 Å². The van der Waals surface area contributed by atoms with Crippen LogP contribution >= 0.6 is 0 Å². The summed E-state index contributed by atoms with van der Waals surface area (Å²) in [6, 6.07) is 7.80. The Kier molecular flexibility index (Phi) is 3.28. The van der Waals surface area contributed by atoms with Crippen LogP contribution in [0.1, 0.15) is 20.8 Å². The van der Waals surface area contributed by atoms with Gasteiger partial charge >= 0.3 is 5.69 Å².